The number of nitrogens with zero attached hydrogens (tertiary/aromatic N) is 3. The van der Waals surface area contributed by atoms with Crippen molar-refractivity contribution in [2.24, 2.45) is 0 Å². The van der Waals surface area contributed by atoms with Crippen molar-refractivity contribution in [2.75, 3.05) is 5.75 Å². The zero-order valence-corrected chi connectivity index (χ0v) is 11.4. The second-order valence-corrected chi connectivity index (χ2v) is 4.99. The van der Waals surface area contributed by atoms with Gasteiger partial charge in [-0.2, -0.15) is 0 Å². The molecule has 2 rings (SSSR count). The molecule has 2 aromatic rings. The van der Waals surface area contributed by atoms with Gasteiger partial charge in [-0.3, -0.25) is 9.36 Å². The van der Waals surface area contributed by atoms with Crippen molar-refractivity contribution in [3.05, 3.63) is 36.2 Å². The Balaban J connectivity index is 2.31. The van der Waals surface area contributed by atoms with Gasteiger partial charge in [-0.25, -0.2) is 0 Å². The third kappa shape index (κ3) is 3.35. The van der Waals surface area contributed by atoms with Gasteiger partial charge in [0.1, 0.15) is 6.33 Å². The molecule has 100 valence electrons. The van der Waals surface area contributed by atoms with Crippen LogP contribution in [0.1, 0.15) is 18.9 Å². The molecule has 1 heterocycles. The SMILES string of the molecule is CCCc1ccccc1-n1cnnc1SCC(=O)O. The molecule has 1 aromatic heterocycles. The van der Waals surface area contributed by atoms with Crippen LogP contribution < -0.4 is 0 Å². The lowest BCUT2D eigenvalue weighted by Gasteiger charge is -2.10. The number of rotatable bonds is 6. The molecule has 0 bridgehead atoms. The molecule has 0 saturated heterocycles. The summed E-state index contributed by atoms with van der Waals surface area (Å²) in [5.74, 6) is -0.879. The summed E-state index contributed by atoms with van der Waals surface area (Å²) in [6.07, 6.45) is 3.65. The predicted molar refractivity (Wildman–Crippen MR) is 73.7 cm³/mol. The first-order chi connectivity index (χ1) is 9.22. The Hall–Kier alpha value is -1.82. The first kappa shape index (κ1) is 13.6. The second-order valence-electron chi connectivity index (χ2n) is 4.04. The lowest BCUT2D eigenvalue weighted by atomic mass is 10.1. The maximum atomic E-state index is 10.6. The first-order valence-electron chi connectivity index (χ1n) is 6.05. The number of para-hydroxylation sites is 1. The molecule has 0 unspecified atom stereocenters. The maximum Gasteiger partial charge on any atom is 0.313 e. The highest BCUT2D eigenvalue weighted by Gasteiger charge is 2.11. The molecule has 0 spiro atoms. The average Bonchev–Trinajstić information content (AvgIpc) is 2.85. The van der Waals surface area contributed by atoms with Crippen LogP contribution in [0.25, 0.3) is 5.69 Å². The van der Waals surface area contributed by atoms with Gasteiger partial charge in [0.15, 0.2) is 5.16 Å². The third-order valence-corrected chi connectivity index (χ3v) is 3.54. The van der Waals surface area contributed by atoms with Gasteiger partial charge in [0.05, 0.1) is 11.4 Å². The molecule has 1 N–H and O–H groups in total. The Kier molecular flexibility index (Phi) is 4.57. The summed E-state index contributed by atoms with van der Waals surface area (Å²) in [7, 11) is 0. The lowest BCUT2D eigenvalue weighted by molar-refractivity contribution is -0.133. The van der Waals surface area contributed by atoms with E-state index in [1.165, 1.54) is 17.3 Å². The summed E-state index contributed by atoms with van der Waals surface area (Å²) >= 11 is 1.17. The molecule has 19 heavy (non-hydrogen) atoms. The van der Waals surface area contributed by atoms with Gasteiger partial charge in [0, 0.05) is 0 Å². The number of aryl methyl sites for hydroxylation is 1. The van der Waals surface area contributed by atoms with Crippen LogP contribution in [0, 0.1) is 0 Å². The van der Waals surface area contributed by atoms with Gasteiger partial charge >= 0.3 is 5.97 Å². The number of carbonyl (C=O) groups is 1. The van der Waals surface area contributed by atoms with Crippen LogP contribution in [-0.2, 0) is 11.2 Å². The number of aliphatic carboxylic acids is 1. The molecule has 5 nitrogen and oxygen atoms in total. The fraction of sp³-hybridized carbons (Fsp3) is 0.308. The largest absolute Gasteiger partial charge is 0.481 e. The van der Waals surface area contributed by atoms with Crippen molar-refractivity contribution < 1.29 is 9.90 Å². The van der Waals surface area contributed by atoms with E-state index in [4.69, 9.17) is 5.11 Å². The number of hydrogen-bond donors (Lipinski definition) is 1. The summed E-state index contributed by atoms with van der Waals surface area (Å²) in [5, 5.41) is 17.2. The molecule has 0 aliphatic rings. The zero-order valence-electron chi connectivity index (χ0n) is 10.6. The minimum absolute atomic E-state index is 0.0192. The van der Waals surface area contributed by atoms with Gasteiger partial charge < -0.3 is 5.11 Å². The monoisotopic (exact) mass is 277 g/mol. The Morgan fingerprint density at radius 3 is 2.95 bits per heavy atom. The molecular formula is C13H15N3O2S. The molecule has 0 radical (unpaired) electrons. The molecule has 0 saturated carbocycles. The van der Waals surface area contributed by atoms with Crippen LogP contribution in [-0.4, -0.2) is 31.6 Å². The maximum absolute atomic E-state index is 10.6. The highest BCUT2D eigenvalue weighted by atomic mass is 32.2. The minimum Gasteiger partial charge on any atom is -0.481 e. The minimum atomic E-state index is -0.860. The standard InChI is InChI=1S/C13H15N3O2S/c1-2-5-10-6-3-4-7-11(10)16-9-14-15-13(16)19-8-12(17)18/h3-4,6-7,9H,2,5,8H2,1H3,(H,17,18). The molecule has 0 fully saturated rings. The lowest BCUT2D eigenvalue weighted by Crippen LogP contribution is -2.03. The van der Waals surface area contributed by atoms with E-state index in [9.17, 15) is 4.79 Å². The van der Waals surface area contributed by atoms with E-state index in [0.717, 1.165) is 18.5 Å². The van der Waals surface area contributed by atoms with Crippen molar-refractivity contribution in [3.8, 4) is 5.69 Å². The second kappa shape index (κ2) is 6.38. The van der Waals surface area contributed by atoms with Crippen molar-refractivity contribution in [2.45, 2.75) is 24.9 Å². The van der Waals surface area contributed by atoms with Crippen molar-refractivity contribution in [3.63, 3.8) is 0 Å². The molecule has 0 amide bonds. The smallest absolute Gasteiger partial charge is 0.313 e. The summed E-state index contributed by atoms with van der Waals surface area (Å²) in [6.45, 7) is 2.13. The van der Waals surface area contributed by atoms with Gasteiger partial charge in [0.2, 0.25) is 0 Å². The summed E-state index contributed by atoms with van der Waals surface area (Å²) in [6, 6.07) is 8.03. The molecular weight excluding hydrogens is 262 g/mol. The zero-order chi connectivity index (χ0) is 13.7. The Labute approximate surface area is 115 Å². The van der Waals surface area contributed by atoms with Gasteiger partial charge in [-0.05, 0) is 18.1 Å². The highest BCUT2D eigenvalue weighted by molar-refractivity contribution is 7.99. The number of carboxylic acids is 1. The number of thioether (sulfide) groups is 1. The molecule has 0 aliphatic heterocycles. The van der Waals surface area contributed by atoms with Crippen LogP contribution in [0.2, 0.25) is 0 Å². The molecule has 6 heteroatoms. The molecule has 1 aromatic carbocycles. The average molecular weight is 277 g/mol. The van der Waals surface area contributed by atoms with Gasteiger partial charge in [-0.1, -0.05) is 43.3 Å². The Morgan fingerprint density at radius 1 is 1.42 bits per heavy atom. The van der Waals surface area contributed by atoms with E-state index in [1.807, 2.05) is 22.8 Å². The summed E-state index contributed by atoms with van der Waals surface area (Å²) in [4.78, 5) is 10.6. The van der Waals surface area contributed by atoms with Crippen molar-refractivity contribution >= 4 is 17.7 Å². The summed E-state index contributed by atoms with van der Waals surface area (Å²) < 4.78 is 1.85. The quantitative estimate of drug-likeness (QED) is 0.821. The van der Waals surface area contributed by atoms with E-state index in [-0.39, 0.29) is 5.75 Å². The molecule has 0 aliphatic carbocycles. The van der Waals surface area contributed by atoms with Crippen LogP contribution >= 0.6 is 11.8 Å². The first-order valence-corrected chi connectivity index (χ1v) is 7.03. The molecule has 0 atom stereocenters. The van der Waals surface area contributed by atoms with Crippen LogP contribution in [0.3, 0.4) is 0 Å². The summed E-state index contributed by atoms with van der Waals surface area (Å²) in [5.41, 5.74) is 2.23. The number of carboxylic acid groups (broad SMARTS) is 1. The van der Waals surface area contributed by atoms with E-state index in [1.54, 1.807) is 6.33 Å². The van der Waals surface area contributed by atoms with E-state index >= 15 is 0 Å². The normalized spacial score (nSPS) is 10.6. The van der Waals surface area contributed by atoms with Crippen LogP contribution in [0.4, 0.5) is 0 Å². The van der Waals surface area contributed by atoms with E-state index in [2.05, 4.69) is 23.2 Å². The topological polar surface area (TPSA) is 68.0 Å². The number of benzene rings is 1. The predicted octanol–water partition coefficient (Wildman–Crippen LogP) is 2.40. The van der Waals surface area contributed by atoms with Crippen LogP contribution in [0.5, 0.6) is 0 Å². The Bertz CT molecular complexity index is 569. The number of aromatic nitrogens is 3. The van der Waals surface area contributed by atoms with Gasteiger partial charge in [-0.15, -0.1) is 10.2 Å². The fourth-order valence-corrected chi connectivity index (χ4v) is 2.48. The fourth-order valence-electron chi connectivity index (χ4n) is 1.84. The van der Waals surface area contributed by atoms with Gasteiger partial charge in [0.25, 0.3) is 0 Å². The van der Waals surface area contributed by atoms with Crippen molar-refractivity contribution in [1.82, 2.24) is 14.8 Å². The third-order valence-electron chi connectivity index (χ3n) is 2.61. The van der Waals surface area contributed by atoms with Crippen LogP contribution in [0.15, 0.2) is 35.7 Å². The van der Waals surface area contributed by atoms with Crippen molar-refractivity contribution in [1.29, 1.82) is 0 Å². The number of hydrogen-bond acceptors (Lipinski definition) is 4. The van der Waals surface area contributed by atoms with E-state index < -0.39 is 5.97 Å². The Morgan fingerprint density at radius 2 is 2.21 bits per heavy atom. The highest BCUT2D eigenvalue weighted by Crippen LogP contribution is 2.22. The van der Waals surface area contributed by atoms with E-state index in [0.29, 0.717) is 5.16 Å².